The molecule has 8 heteroatoms. The van der Waals surface area contributed by atoms with E-state index in [0.717, 1.165) is 103 Å². The lowest BCUT2D eigenvalue weighted by Gasteiger charge is -2.15. The highest BCUT2D eigenvalue weighted by atomic mass is 32.1. The molecule has 7 aromatic rings. The summed E-state index contributed by atoms with van der Waals surface area (Å²) in [6, 6.07) is 18.5. The monoisotopic (exact) mass is 814 g/mol. The third-order valence-corrected chi connectivity index (χ3v) is 14.4. The highest BCUT2D eigenvalue weighted by Crippen LogP contribution is 2.46. The molecule has 0 saturated heterocycles. The predicted octanol–water partition coefficient (Wildman–Crippen LogP) is 15.3. The number of aromatic nitrogens is 4. The van der Waals surface area contributed by atoms with E-state index >= 15 is 4.39 Å². The zero-order valence-electron chi connectivity index (χ0n) is 34.4. The Morgan fingerprint density at radius 1 is 0.649 bits per heavy atom. The van der Waals surface area contributed by atoms with Crippen molar-refractivity contribution in [1.29, 1.82) is 0 Å². The Kier molecular flexibility index (Phi) is 13.8. The van der Waals surface area contributed by atoms with E-state index in [1.807, 2.05) is 18.2 Å². The molecule has 0 aliphatic rings. The van der Waals surface area contributed by atoms with Crippen molar-refractivity contribution in [3.63, 3.8) is 0 Å². The molecule has 0 radical (unpaired) electrons. The second-order valence-electron chi connectivity index (χ2n) is 15.5. The lowest BCUT2D eigenvalue weighted by molar-refractivity contribution is 0.421. The van der Waals surface area contributed by atoms with Gasteiger partial charge < -0.3 is 0 Å². The van der Waals surface area contributed by atoms with Gasteiger partial charge in [0.1, 0.15) is 22.4 Å². The van der Waals surface area contributed by atoms with Gasteiger partial charge in [-0.05, 0) is 78.8 Å². The quantitative estimate of drug-likeness (QED) is 0.0859. The van der Waals surface area contributed by atoms with Crippen molar-refractivity contribution in [3.8, 4) is 44.5 Å². The summed E-state index contributed by atoms with van der Waals surface area (Å²) in [5.41, 5.74) is 10.8. The van der Waals surface area contributed by atoms with Crippen LogP contribution in [0.2, 0.25) is 0 Å². The molecule has 0 aliphatic heterocycles. The standard InChI is InChI=1S/C49H55FN4S3/c1-7-13-16-31(9-3)18-15-19-36-29-41-42(55-36)30-43(56-41)45-47-46(51-39(11-5)40(12-6)52-47)44(48-49(45)54-57-53-48)35-25-23-34(24-26-35)37-27-22-33(28-38(37)50)21-20-32(10-4)17-14-8-2/h22-32H,7-14,16-18,20-21H2,1-6H3. The third kappa shape index (κ3) is 9.02. The number of fused-ring (bicyclic) bond motifs is 3. The van der Waals surface area contributed by atoms with Crippen molar-refractivity contribution in [2.24, 2.45) is 11.8 Å². The molecule has 7 rings (SSSR count). The average molecular weight is 815 g/mol. The van der Waals surface area contributed by atoms with Crippen molar-refractivity contribution in [3.05, 3.63) is 82.2 Å². The fourth-order valence-electron chi connectivity index (χ4n) is 8.09. The Hall–Kier alpha value is -4.03. The van der Waals surface area contributed by atoms with E-state index < -0.39 is 0 Å². The van der Waals surface area contributed by atoms with Crippen molar-refractivity contribution in [2.75, 3.05) is 0 Å². The highest BCUT2D eigenvalue weighted by molar-refractivity contribution is 7.29. The molecule has 57 heavy (non-hydrogen) atoms. The van der Waals surface area contributed by atoms with Gasteiger partial charge in [0.15, 0.2) is 0 Å². The summed E-state index contributed by atoms with van der Waals surface area (Å²) in [6.07, 6.45) is 14.5. The molecule has 2 atom stereocenters. The van der Waals surface area contributed by atoms with Crippen molar-refractivity contribution in [2.45, 2.75) is 125 Å². The molecular formula is C49H55FN4S3. The van der Waals surface area contributed by atoms with Crippen molar-refractivity contribution in [1.82, 2.24) is 18.7 Å². The van der Waals surface area contributed by atoms with Gasteiger partial charge in [-0.25, -0.2) is 14.4 Å². The highest BCUT2D eigenvalue weighted by Gasteiger charge is 2.25. The molecule has 0 aliphatic carbocycles. The molecule has 0 spiro atoms. The first kappa shape index (κ1) is 41.1. The molecule has 4 nitrogen and oxygen atoms in total. The van der Waals surface area contributed by atoms with Gasteiger partial charge >= 0.3 is 0 Å². The number of thiophene rings is 2. The number of halogens is 1. The summed E-state index contributed by atoms with van der Waals surface area (Å²) >= 11 is 4.76. The molecule has 4 aromatic heterocycles. The van der Waals surface area contributed by atoms with Crippen molar-refractivity contribution >= 4 is 65.9 Å². The van der Waals surface area contributed by atoms with Crippen LogP contribution in [0.25, 0.3) is 64.2 Å². The molecule has 0 bridgehead atoms. The maximum Gasteiger partial charge on any atom is 0.131 e. The van der Waals surface area contributed by atoms with Gasteiger partial charge in [-0.2, -0.15) is 8.75 Å². The van der Waals surface area contributed by atoms with Crippen LogP contribution in [-0.4, -0.2) is 18.7 Å². The lowest BCUT2D eigenvalue weighted by atomic mass is 9.91. The maximum atomic E-state index is 15.7. The number of aryl methyl sites for hydroxylation is 3. The Labute approximate surface area is 350 Å². The second-order valence-corrected chi connectivity index (χ2v) is 18.1. The Morgan fingerprint density at radius 2 is 1.28 bits per heavy atom. The van der Waals surface area contributed by atoms with Crippen LogP contribution in [0.3, 0.4) is 0 Å². The smallest absolute Gasteiger partial charge is 0.131 e. The summed E-state index contributed by atoms with van der Waals surface area (Å²) in [6.45, 7) is 13.3. The van der Waals surface area contributed by atoms with Crippen LogP contribution in [0, 0.1) is 29.5 Å². The molecule has 0 fully saturated rings. The first-order valence-electron chi connectivity index (χ1n) is 21.3. The van der Waals surface area contributed by atoms with Crippen LogP contribution in [-0.2, 0) is 19.3 Å². The summed E-state index contributed by atoms with van der Waals surface area (Å²) < 4.78 is 28.0. The normalized spacial score (nSPS) is 12.8. The molecule has 0 N–H and O–H groups in total. The van der Waals surface area contributed by atoms with Gasteiger partial charge in [0, 0.05) is 37.4 Å². The third-order valence-electron chi connectivity index (χ3n) is 11.7. The van der Waals surface area contributed by atoms with Crippen LogP contribution in [0.15, 0.2) is 54.6 Å². The zero-order chi connectivity index (χ0) is 39.9. The van der Waals surface area contributed by atoms with Gasteiger partial charge in [0.2, 0.25) is 0 Å². The van der Waals surface area contributed by atoms with E-state index in [4.69, 9.17) is 18.7 Å². The van der Waals surface area contributed by atoms with E-state index in [1.165, 1.54) is 72.5 Å². The summed E-state index contributed by atoms with van der Waals surface area (Å²) in [7, 11) is 0. The van der Waals surface area contributed by atoms with Gasteiger partial charge in [-0.15, -0.1) is 22.7 Å². The molecule has 2 unspecified atom stereocenters. The predicted molar refractivity (Wildman–Crippen MR) is 245 cm³/mol. The van der Waals surface area contributed by atoms with Gasteiger partial charge in [-0.1, -0.05) is 135 Å². The van der Waals surface area contributed by atoms with Gasteiger partial charge in [0.25, 0.3) is 0 Å². The minimum absolute atomic E-state index is 0.171. The fourth-order valence-corrected chi connectivity index (χ4v) is 11.0. The largest absolute Gasteiger partial charge is 0.249 e. The first-order chi connectivity index (χ1) is 27.9. The summed E-state index contributed by atoms with van der Waals surface area (Å²) in [5.74, 6) is 8.18. The maximum absolute atomic E-state index is 15.7. The fraction of sp³-hybridized carbons (Fsp3) is 0.429. The SMILES string of the molecule is CCCCC(CC)CC#Cc1cc2sc(-c3c4nsnc4c(-c4ccc(-c5ccc(CCC(CC)CCCC)cc5F)cc4)c4nc(CC)c(CC)nc34)cc2s1. The number of nitrogens with zero attached hydrogens (tertiary/aromatic N) is 4. The number of benzene rings is 3. The lowest BCUT2D eigenvalue weighted by Crippen LogP contribution is -2.03. The van der Waals surface area contributed by atoms with E-state index in [1.54, 1.807) is 28.7 Å². The molecule has 3 aromatic carbocycles. The van der Waals surface area contributed by atoms with E-state index in [0.29, 0.717) is 17.4 Å². The zero-order valence-corrected chi connectivity index (χ0v) is 36.9. The van der Waals surface area contributed by atoms with E-state index in [9.17, 15) is 0 Å². The number of hydrogen-bond donors (Lipinski definition) is 0. The topological polar surface area (TPSA) is 51.6 Å². The average Bonchev–Trinajstić information content (AvgIpc) is 3.97. The van der Waals surface area contributed by atoms with Gasteiger partial charge in [0.05, 0.1) is 33.5 Å². The van der Waals surface area contributed by atoms with Crippen LogP contribution in [0.5, 0.6) is 0 Å². The second kappa shape index (κ2) is 19.1. The summed E-state index contributed by atoms with van der Waals surface area (Å²) in [5, 5.41) is 0. The molecule has 0 saturated carbocycles. The van der Waals surface area contributed by atoms with E-state index in [-0.39, 0.29) is 5.82 Å². The Balaban J connectivity index is 1.23. The van der Waals surface area contributed by atoms with E-state index in [2.05, 4.69) is 83.7 Å². The molecule has 4 heterocycles. The number of unbranched alkanes of at least 4 members (excludes halogenated alkanes) is 2. The van der Waals surface area contributed by atoms with Crippen LogP contribution in [0.1, 0.15) is 128 Å². The minimum atomic E-state index is -0.171. The van der Waals surface area contributed by atoms with Crippen LogP contribution < -0.4 is 0 Å². The number of hydrogen-bond acceptors (Lipinski definition) is 7. The number of rotatable bonds is 17. The molecule has 0 amide bonds. The summed E-state index contributed by atoms with van der Waals surface area (Å²) in [4.78, 5) is 12.9. The molecule has 296 valence electrons. The van der Waals surface area contributed by atoms with Crippen molar-refractivity contribution < 1.29 is 4.39 Å². The Morgan fingerprint density at radius 3 is 1.91 bits per heavy atom. The Bertz CT molecular complexity index is 2480. The van der Waals surface area contributed by atoms with Gasteiger partial charge in [-0.3, -0.25) is 0 Å². The first-order valence-corrected chi connectivity index (χ1v) is 23.6. The molecular weight excluding hydrogens is 760 g/mol. The minimum Gasteiger partial charge on any atom is -0.249 e. The van der Waals surface area contributed by atoms with Crippen LogP contribution in [0.4, 0.5) is 4.39 Å². The van der Waals surface area contributed by atoms with Crippen LogP contribution >= 0.6 is 34.4 Å².